The van der Waals surface area contributed by atoms with Gasteiger partial charge >= 0.3 is 0 Å². The van der Waals surface area contributed by atoms with Gasteiger partial charge in [-0.05, 0) is 165 Å². The van der Waals surface area contributed by atoms with Gasteiger partial charge in [0.25, 0.3) is 0 Å². The van der Waals surface area contributed by atoms with Crippen molar-refractivity contribution in [2.24, 2.45) is 0 Å². The summed E-state index contributed by atoms with van der Waals surface area (Å²) >= 11 is 0. The SMILES string of the molecule is CC(C)(C)c1ccc2c(c1)C1(c3cc(-c4cccc(-c5cccc6ccccc56)c4)ccc3-c3ccc(N(c4ccc(-c5ccccc5)cc4)c4ccc5c(c4)oc4ccccc45)cc31)c1cc(C(C)(C)C)ccc1-2. The van der Waals surface area contributed by atoms with Crippen molar-refractivity contribution in [2.75, 3.05) is 4.90 Å². The lowest BCUT2D eigenvalue weighted by atomic mass is 9.68. The van der Waals surface area contributed by atoms with Crippen molar-refractivity contribution in [2.45, 2.75) is 57.8 Å². The number of fused-ring (bicyclic) bond motifs is 14. The van der Waals surface area contributed by atoms with E-state index in [0.29, 0.717) is 0 Å². The fraction of sp³-hybridized carbons (Fsp3) is 0.123. The number of furan rings is 1. The van der Waals surface area contributed by atoms with Crippen molar-refractivity contribution in [3.05, 3.63) is 270 Å². The fourth-order valence-corrected chi connectivity index (χ4v) is 12.5. The maximum Gasteiger partial charge on any atom is 0.137 e. The maximum atomic E-state index is 6.61. The second-order valence-corrected chi connectivity index (χ2v) is 22.9. The average Bonchev–Trinajstić information content (AvgIpc) is 4.27. The molecule has 360 valence electrons. The molecule has 75 heavy (non-hydrogen) atoms. The van der Waals surface area contributed by atoms with Gasteiger partial charge in [0.1, 0.15) is 11.2 Å². The van der Waals surface area contributed by atoms with Gasteiger partial charge in [0.15, 0.2) is 0 Å². The number of benzene rings is 11. The molecule has 0 bridgehead atoms. The van der Waals surface area contributed by atoms with Crippen LogP contribution in [0.4, 0.5) is 17.1 Å². The van der Waals surface area contributed by atoms with E-state index in [9.17, 15) is 0 Å². The summed E-state index contributed by atoms with van der Waals surface area (Å²) in [6.07, 6.45) is 0. The zero-order chi connectivity index (χ0) is 50.8. The average molecular weight is 964 g/mol. The monoisotopic (exact) mass is 963 g/mol. The molecule has 12 aromatic rings. The van der Waals surface area contributed by atoms with Crippen LogP contribution in [0.1, 0.15) is 74.9 Å². The van der Waals surface area contributed by atoms with Crippen molar-refractivity contribution in [3.8, 4) is 55.6 Å². The first-order valence-corrected chi connectivity index (χ1v) is 26.5. The largest absolute Gasteiger partial charge is 0.456 e. The second-order valence-electron chi connectivity index (χ2n) is 22.9. The smallest absolute Gasteiger partial charge is 0.137 e. The first kappa shape index (κ1) is 44.9. The highest BCUT2D eigenvalue weighted by Crippen LogP contribution is 2.65. The lowest BCUT2D eigenvalue weighted by Crippen LogP contribution is -2.27. The molecule has 0 fully saturated rings. The molecule has 0 saturated heterocycles. The van der Waals surface area contributed by atoms with E-state index < -0.39 is 5.41 Å². The van der Waals surface area contributed by atoms with E-state index in [0.717, 1.165) is 39.0 Å². The molecule has 0 amide bonds. The number of para-hydroxylation sites is 1. The lowest BCUT2D eigenvalue weighted by Gasteiger charge is -2.34. The zero-order valence-electron chi connectivity index (χ0n) is 43.4. The number of rotatable bonds is 6. The van der Waals surface area contributed by atoms with Crippen molar-refractivity contribution in [1.82, 2.24) is 0 Å². The van der Waals surface area contributed by atoms with Gasteiger partial charge in [0, 0.05) is 33.9 Å². The molecule has 2 aliphatic rings. The predicted molar refractivity (Wildman–Crippen MR) is 316 cm³/mol. The molecular formula is C73H57NO. The Balaban J connectivity index is 1.03. The Kier molecular flexibility index (Phi) is 9.98. The summed E-state index contributed by atoms with van der Waals surface area (Å²) in [6, 6.07) is 88.6. The van der Waals surface area contributed by atoms with Crippen LogP contribution in [-0.2, 0) is 16.2 Å². The van der Waals surface area contributed by atoms with Crippen LogP contribution in [0.15, 0.2) is 241 Å². The predicted octanol–water partition coefficient (Wildman–Crippen LogP) is 20.1. The van der Waals surface area contributed by atoms with Crippen LogP contribution in [0.25, 0.3) is 88.3 Å². The highest BCUT2D eigenvalue weighted by molar-refractivity contribution is 6.06. The van der Waals surface area contributed by atoms with Gasteiger partial charge in [-0.25, -0.2) is 0 Å². The molecule has 1 spiro atoms. The Labute approximate surface area is 440 Å². The van der Waals surface area contributed by atoms with Crippen LogP contribution in [0.3, 0.4) is 0 Å². The van der Waals surface area contributed by atoms with Crippen molar-refractivity contribution in [1.29, 1.82) is 0 Å². The topological polar surface area (TPSA) is 16.4 Å². The van der Waals surface area contributed by atoms with Gasteiger partial charge < -0.3 is 9.32 Å². The minimum Gasteiger partial charge on any atom is -0.456 e. The second kappa shape index (κ2) is 16.6. The van der Waals surface area contributed by atoms with Gasteiger partial charge in [-0.1, -0.05) is 217 Å². The van der Waals surface area contributed by atoms with E-state index in [-0.39, 0.29) is 10.8 Å². The Hall–Kier alpha value is -8.72. The molecule has 0 radical (unpaired) electrons. The molecule has 0 N–H and O–H groups in total. The molecule has 0 aliphatic heterocycles. The van der Waals surface area contributed by atoms with E-state index in [1.165, 1.54) is 99.8 Å². The fourth-order valence-electron chi connectivity index (χ4n) is 12.5. The molecule has 1 aromatic heterocycles. The van der Waals surface area contributed by atoms with Crippen molar-refractivity contribution in [3.63, 3.8) is 0 Å². The molecule has 0 atom stereocenters. The van der Waals surface area contributed by atoms with Crippen LogP contribution >= 0.6 is 0 Å². The molecule has 0 unspecified atom stereocenters. The van der Waals surface area contributed by atoms with Gasteiger partial charge in [-0.15, -0.1) is 0 Å². The lowest BCUT2D eigenvalue weighted by molar-refractivity contribution is 0.586. The summed E-state index contributed by atoms with van der Waals surface area (Å²) in [5.74, 6) is 0. The molecule has 1 heterocycles. The Bertz CT molecular complexity index is 4180. The van der Waals surface area contributed by atoms with Gasteiger partial charge in [0.05, 0.1) is 5.41 Å². The van der Waals surface area contributed by atoms with Crippen LogP contribution in [-0.4, -0.2) is 0 Å². The molecule has 0 saturated carbocycles. The van der Waals surface area contributed by atoms with Crippen LogP contribution in [0.5, 0.6) is 0 Å². The molecule has 2 nitrogen and oxygen atoms in total. The third-order valence-electron chi connectivity index (χ3n) is 16.4. The van der Waals surface area contributed by atoms with Gasteiger partial charge in [0.2, 0.25) is 0 Å². The van der Waals surface area contributed by atoms with Crippen LogP contribution in [0, 0.1) is 0 Å². The molecule has 2 aliphatic carbocycles. The van der Waals surface area contributed by atoms with Gasteiger partial charge in [-0.3, -0.25) is 0 Å². The summed E-state index contributed by atoms with van der Waals surface area (Å²) in [6.45, 7) is 14.1. The maximum absolute atomic E-state index is 6.61. The first-order valence-electron chi connectivity index (χ1n) is 26.5. The Morgan fingerprint density at radius 2 is 0.787 bits per heavy atom. The third kappa shape index (κ3) is 7.07. The van der Waals surface area contributed by atoms with Crippen molar-refractivity contribution < 1.29 is 4.42 Å². The number of hydrogen-bond donors (Lipinski definition) is 0. The molecule has 11 aromatic carbocycles. The number of nitrogens with zero attached hydrogens (tertiary/aromatic N) is 1. The summed E-state index contributed by atoms with van der Waals surface area (Å²) < 4.78 is 6.61. The quantitative estimate of drug-likeness (QED) is 0.165. The van der Waals surface area contributed by atoms with Crippen molar-refractivity contribution >= 4 is 49.8 Å². The Morgan fingerprint density at radius 3 is 1.51 bits per heavy atom. The summed E-state index contributed by atoms with van der Waals surface area (Å²) in [5.41, 5.74) is 24.5. The number of anilines is 3. The van der Waals surface area contributed by atoms with E-state index in [1.54, 1.807) is 0 Å². The van der Waals surface area contributed by atoms with E-state index in [1.807, 2.05) is 6.07 Å². The third-order valence-corrected chi connectivity index (χ3v) is 16.4. The van der Waals surface area contributed by atoms with E-state index in [4.69, 9.17) is 4.42 Å². The summed E-state index contributed by atoms with van der Waals surface area (Å²) in [7, 11) is 0. The van der Waals surface area contributed by atoms with E-state index in [2.05, 4.69) is 277 Å². The zero-order valence-corrected chi connectivity index (χ0v) is 43.4. The highest BCUT2D eigenvalue weighted by atomic mass is 16.3. The minimum atomic E-state index is -0.636. The normalized spacial score (nSPS) is 13.3. The Morgan fingerprint density at radius 1 is 0.307 bits per heavy atom. The number of hydrogen-bond acceptors (Lipinski definition) is 2. The van der Waals surface area contributed by atoms with Gasteiger partial charge in [-0.2, -0.15) is 0 Å². The molecule has 14 rings (SSSR count). The van der Waals surface area contributed by atoms with Crippen LogP contribution < -0.4 is 4.90 Å². The van der Waals surface area contributed by atoms with E-state index >= 15 is 0 Å². The molecular weight excluding hydrogens is 907 g/mol. The first-order chi connectivity index (χ1) is 36.4. The molecule has 2 heteroatoms. The standard InChI is InChI=1S/C73H57NO/c1-71(2,3)52-29-36-60-61-37-30-53(72(4,5)6)43-67(61)73(66(60)42-52)65-41-50(49-20-14-21-51(40-49)58-24-15-19-48-18-10-11-22-57(48)58)28-35-59(65)62-38-33-55(44-68(62)73)74(54-31-26-47(27-32-54)46-16-8-7-9-17-46)56-34-39-64-63-23-12-13-25-69(63)75-70(64)45-56/h7-45H,1-6H3. The van der Waals surface area contributed by atoms with Crippen LogP contribution in [0.2, 0.25) is 0 Å². The summed E-state index contributed by atoms with van der Waals surface area (Å²) in [4.78, 5) is 2.43. The summed E-state index contributed by atoms with van der Waals surface area (Å²) in [5, 5.41) is 4.74. The minimum absolute atomic E-state index is 0.0738. The highest BCUT2D eigenvalue weighted by Gasteiger charge is 2.53.